The molecule has 2 aromatic heterocycles. The monoisotopic (exact) mass is 459 g/mol. The van der Waals surface area contributed by atoms with Gasteiger partial charge in [-0.3, -0.25) is 0 Å². The number of hydrogen-bond donors (Lipinski definition) is 1. The van der Waals surface area contributed by atoms with Crippen LogP contribution in [0.3, 0.4) is 0 Å². The first-order valence-corrected chi connectivity index (χ1v) is 10.4. The summed E-state index contributed by atoms with van der Waals surface area (Å²) >= 11 is 0. The highest BCUT2D eigenvalue weighted by molar-refractivity contribution is 5.66. The second kappa shape index (κ2) is 10.0. The summed E-state index contributed by atoms with van der Waals surface area (Å²) in [6.07, 6.45) is -1.49. The van der Waals surface area contributed by atoms with Gasteiger partial charge in [-0.15, -0.1) is 0 Å². The maximum Gasteiger partial charge on any atom is 0.386 e. The number of fused-ring (bicyclic) bond motifs is 1. The van der Waals surface area contributed by atoms with Crippen molar-refractivity contribution in [1.82, 2.24) is 20.4 Å². The fourth-order valence-electron chi connectivity index (χ4n) is 3.42. The maximum absolute atomic E-state index is 10.4. The minimum atomic E-state index is -4.00. The summed E-state index contributed by atoms with van der Waals surface area (Å²) in [5.41, 5.74) is 5.74. The van der Waals surface area contributed by atoms with E-state index in [1.807, 2.05) is 19.9 Å². The maximum atomic E-state index is 10.4. The predicted octanol–water partition coefficient (Wildman–Crippen LogP) is 4.98. The van der Waals surface area contributed by atoms with Crippen LogP contribution in [0.25, 0.3) is 22.8 Å². The normalized spacial score (nSPS) is 13.1. The molecule has 0 saturated heterocycles. The van der Waals surface area contributed by atoms with Crippen LogP contribution in [-0.4, -0.2) is 33.9 Å². The zero-order valence-electron chi connectivity index (χ0n) is 18.7. The lowest BCUT2D eigenvalue weighted by molar-refractivity contribution is -0.110. The lowest BCUT2D eigenvalue weighted by Crippen LogP contribution is -2.24. The van der Waals surface area contributed by atoms with E-state index < -0.39 is 6.18 Å². The van der Waals surface area contributed by atoms with Gasteiger partial charge in [-0.1, -0.05) is 17.3 Å². The molecule has 0 saturated carbocycles. The number of nitriles is 1. The van der Waals surface area contributed by atoms with Crippen molar-refractivity contribution >= 4 is 0 Å². The van der Waals surface area contributed by atoms with Gasteiger partial charge in [-0.05, 0) is 56.5 Å². The van der Waals surface area contributed by atoms with Crippen molar-refractivity contribution in [3.05, 3.63) is 46.6 Å². The quantitative estimate of drug-likeness (QED) is 0.588. The molecule has 4 rings (SSSR count). The van der Waals surface area contributed by atoms with Crippen LogP contribution in [0, 0.1) is 18.3 Å². The molecule has 0 spiro atoms. The van der Waals surface area contributed by atoms with Crippen molar-refractivity contribution in [1.29, 1.82) is 5.26 Å². The number of benzene rings is 1. The van der Waals surface area contributed by atoms with Crippen LogP contribution < -0.4 is 10.1 Å². The predicted molar refractivity (Wildman–Crippen MR) is 115 cm³/mol. The van der Waals surface area contributed by atoms with Crippen LogP contribution in [0.2, 0.25) is 0 Å². The molecule has 33 heavy (non-hydrogen) atoms. The van der Waals surface area contributed by atoms with Crippen molar-refractivity contribution < 1.29 is 22.4 Å². The van der Waals surface area contributed by atoms with Gasteiger partial charge in [0.05, 0.1) is 11.7 Å². The number of rotatable bonds is 4. The molecule has 1 N–H and O–H groups in total. The van der Waals surface area contributed by atoms with E-state index in [0.29, 0.717) is 28.7 Å². The van der Waals surface area contributed by atoms with Gasteiger partial charge in [-0.2, -0.15) is 23.4 Å². The Labute approximate surface area is 189 Å². The highest BCUT2D eigenvalue weighted by Gasteiger charge is 2.19. The zero-order chi connectivity index (χ0) is 24.2. The Balaban J connectivity index is 0.000000555. The molecule has 0 aliphatic carbocycles. The molecule has 0 atom stereocenters. The van der Waals surface area contributed by atoms with Gasteiger partial charge in [0.2, 0.25) is 11.7 Å². The third kappa shape index (κ3) is 6.29. The first-order chi connectivity index (χ1) is 15.6. The molecule has 3 aromatic rings. The van der Waals surface area contributed by atoms with E-state index in [9.17, 15) is 18.4 Å². The number of hydrogen-bond acceptors (Lipinski definition) is 7. The molecule has 0 unspecified atom stereocenters. The highest BCUT2D eigenvalue weighted by atomic mass is 19.4. The van der Waals surface area contributed by atoms with E-state index in [1.165, 1.54) is 16.7 Å². The van der Waals surface area contributed by atoms with Gasteiger partial charge in [-0.25, -0.2) is 4.98 Å². The van der Waals surface area contributed by atoms with Crippen LogP contribution in [0.5, 0.6) is 5.88 Å². The third-order valence-corrected chi connectivity index (χ3v) is 4.80. The Kier molecular flexibility index (Phi) is 7.33. The molecule has 3 heterocycles. The first-order valence-electron chi connectivity index (χ1n) is 10.4. The Morgan fingerprint density at radius 3 is 2.67 bits per heavy atom. The van der Waals surface area contributed by atoms with E-state index in [1.54, 1.807) is 12.3 Å². The molecule has 1 aromatic carbocycles. The number of aromatic nitrogens is 3. The summed E-state index contributed by atoms with van der Waals surface area (Å²) in [5, 5.41) is 16.9. The van der Waals surface area contributed by atoms with Crippen molar-refractivity contribution in [3.8, 4) is 34.8 Å². The summed E-state index contributed by atoms with van der Waals surface area (Å²) in [4.78, 5) is 8.79. The number of alkyl halides is 3. The zero-order valence-corrected chi connectivity index (χ0v) is 18.7. The average molecular weight is 459 g/mol. The van der Waals surface area contributed by atoms with Gasteiger partial charge in [0.1, 0.15) is 11.6 Å². The molecule has 1 aliphatic heterocycles. The van der Waals surface area contributed by atoms with Crippen LogP contribution in [-0.2, 0) is 13.0 Å². The molecule has 0 bridgehead atoms. The van der Waals surface area contributed by atoms with Crippen molar-refractivity contribution in [2.24, 2.45) is 0 Å². The Bertz CT molecular complexity index is 1160. The van der Waals surface area contributed by atoms with E-state index in [4.69, 9.17) is 9.26 Å². The second-order valence-electron chi connectivity index (χ2n) is 7.86. The van der Waals surface area contributed by atoms with Crippen molar-refractivity contribution in [2.45, 2.75) is 52.9 Å². The van der Waals surface area contributed by atoms with Gasteiger partial charge >= 0.3 is 6.18 Å². The van der Waals surface area contributed by atoms with Crippen molar-refractivity contribution in [2.75, 3.05) is 6.54 Å². The van der Waals surface area contributed by atoms with Gasteiger partial charge in [0, 0.05) is 25.2 Å². The molecule has 10 heteroatoms. The molecule has 174 valence electrons. The summed E-state index contributed by atoms with van der Waals surface area (Å²) in [7, 11) is 0. The average Bonchev–Trinajstić information content (AvgIpc) is 3.23. The minimum absolute atomic E-state index is 0.0670. The van der Waals surface area contributed by atoms with Crippen LogP contribution in [0.4, 0.5) is 13.2 Å². The Morgan fingerprint density at radius 1 is 1.27 bits per heavy atom. The van der Waals surface area contributed by atoms with Crippen molar-refractivity contribution in [3.63, 3.8) is 0 Å². The van der Waals surface area contributed by atoms with E-state index >= 15 is 0 Å². The fourth-order valence-corrected chi connectivity index (χ4v) is 3.42. The molecule has 0 radical (unpaired) electrons. The lowest BCUT2D eigenvalue weighted by atomic mass is 9.92. The first kappa shape index (κ1) is 24.2. The summed E-state index contributed by atoms with van der Waals surface area (Å²) < 4.78 is 42.1. The lowest BCUT2D eigenvalue weighted by Gasteiger charge is -2.20. The summed E-state index contributed by atoms with van der Waals surface area (Å²) in [6.45, 7) is 7.93. The minimum Gasteiger partial charge on any atom is -0.474 e. The van der Waals surface area contributed by atoms with Gasteiger partial charge in [0.25, 0.3) is 5.89 Å². The van der Waals surface area contributed by atoms with Gasteiger partial charge in [0.15, 0.2) is 0 Å². The van der Waals surface area contributed by atoms with E-state index in [2.05, 4.69) is 39.5 Å². The van der Waals surface area contributed by atoms with Crippen LogP contribution in [0.15, 0.2) is 28.9 Å². The largest absolute Gasteiger partial charge is 0.474 e. The third-order valence-electron chi connectivity index (χ3n) is 4.80. The second-order valence-corrected chi connectivity index (χ2v) is 7.86. The van der Waals surface area contributed by atoms with E-state index in [-0.39, 0.29) is 13.0 Å². The molecule has 7 nitrogen and oxygen atoms in total. The number of nitrogens with zero attached hydrogens (tertiary/aromatic N) is 4. The van der Waals surface area contributed by atoms with E-state index in [0.717, 1.165) is 25.1 Å². The highest BCUT2D eigenvalue weighted by Crippen LogP contribution is 2.30. The Morgan fingerprint density at radius 2 is 2.00 bits per heavy atom. The van der Waals surface area contributed by atoms with Gasteiger partial charge < -0.3 is 14.6 Å². The topological polar surface area (TPSA) is 96.9 Å². The Hall–Kier alpha value is -3.45. The molecule has 1 aliphatic rings. The molecular weight excluding hydrogens is 435 g/mol. The number of nitrogens with one attached hydrogen (secondary N) is 1. The molecular formula is C23H24F3N5O2. The SMILES string of the molecule is CC(F)(F)F.Cc1c(-c2noc(-c3cnc(OC(C)C)c(C#N)c3)n2)ccc2c1CCNC2. The molecule has 0 amide bonds. The van der Waals surface area contributed by atoms with Crippen LogP contribution >= 0.6 is 0 Å². The standard InChI is InChI=1S/C21H21N5O2.C2H3F3/c1-12(2)27-20-15(9-22)8-16(11-24-20)21-25-19(26-28-21)18-5-4-14-10-23-7-6-17(14)13(18)3;1-2(3,4)5/h4-5,8,11-12,23H,6-7,10H2,1-3H3;1H3. The number of halogens is 3. The fraction of sp³-hybridized carbons (Fsp3) is 0.391. The van der Waals surface area contributed by atoms with Crippen LogP contribution in [0.1, 0.15) is 43.0 Å². The number of ether oxygens (including phenoxy) is 1. The summed E-state index contributed by atoms with van der Waals surface area (Å²) in [6, 6.07) is 7.92. The molecule has 0 fully saturated rings. The summed E-state index contributed by atoms with van der Waals surface area (Å²) in [5.74, 6) is 1.17. The smallest absolute Gasteiger partial charge is 0.386 e. The number of pyridine rings is 1.